The van der Waals surface area contributed by atoms with Gasteiger partial charge in [0.05, 0.1) is 17.1 Å². The molecule has 0 atom stereocenters. The molecule has 0 aliphatic carbocycles. The van der Waals surface area contributed by atoms with Gasteiger partial charge in [0, 0.05) is 12.3 Å². The van der Waals surface area contributed by atoms with Crippen LogP contribution in [0, 0.1) is 18.3 Å². The van der Waals surface area contributed by atoms with Gasteiger partial charge in [-0.1, -0.05) is 23.8 Å². The second-order valence-electron chi connectivity index (χ2n) is 4.49. The third kappa shape index (κ3) is 2.17. The Labute approximate surface area is 116 Å². The lowest BCUT2D eigenvalue weighted by molar-refractivity contribution is 0.876. The Hall–Kier alpha value is -2.93. The van der Waals surface area contributed by atoms with Crippen LogP contribution in [0.25, 0.3) is 17.1 Å². The zero-order chi connectivity index (χ0) is 13.9. The molecule has 1 aromatic carbocycles. The van der Waals surface area contributed by atoms with E-state index >= 15 is 0 Å². The number of rotatable bonds is 2. The van der Waals surface area contributed by atoms with Crippen LogP contribution in [0.3, 0.4) is 0 Å². The zero-order valence-corrected chi connectivity index (χ0v) is 11.0. The van der Waals surface area contributed by atoms with Crippen LogP contribution in [0.5, 0.6) is 0 Å². The molecule has 0 bridgehead atoms. The van der Waals surface area contributed by atoms with Gasteiger partial charge in [-0.3, -0.25) is 4.98 Å². The van der Waals surface area contributed by atoms with Crippen molar-refractivity contribution in [2.24, 2.45) is 0 Å². The monoisotopic (exact) mass is 260 g/mol. The molecule has 20 heavy (non-hydrogen) atoms. The molecule has 3 rings (SSSR count). The van der Waals surface area contributed by atoms with Gasteiger partial charge in [0.15, 0.2) is 5.69 Å². The lowest BCUT2D eigenvalue weighted by atomic mass is 10.2. The first-order chi connectivity index (χ1) is 9.78. The number of pyridine rings is 1. The van der Waals surface area contributed by atoms with Gasteiger partial charge in [0.1, 0.15) is 6.07 Å². The van der Waals surface area contributed by atoms with Crippen molar-refractivity contribution in [3.05, 3.63) is 66.0 Å². The molecule has 0 amide bonds. The Bertz CT molecular complexity index is 764. The fraction of sp³-hybridized carbons (Fsp3) is 0.0625. The van der Waals surface area contributed by atoms with E-state index in [9.17, 15) is 0 Å². The SMILES string of the molecule is Cc1ccc(-n2nc(C#N)cc2-c2ccccn2)cc1. The maximum Gasteiger partial charge on any atom is 0.163 e. The summed E-state index contributed by atoms with van der Waals surface area (Å²) < 4.78 is 1.75. The van der Waals surface area contributed by atoms with E-state index in [1.54, 1.807) is 16.9 Å². The van der Waals surface area contributed by atoms with Crippen LogP contribution in [0.1, 0.15) is 11.3 Å². The maximum absolute atomic E-state index is 9.07. The topological polar surface area (TPSA) is 54.5 Å². The van der Waals surface area contributed by atoms with E-state index in [0.717, 1.165) is 17.1 Å². The minimum absolute atomic E-state index is 0.381. The largest absolute Gasteiger partial charge is 0.255 e. The maximum atomic E-state index is 9.07. The van der Waals surface area contributed by atoms with Gasteiger partial charge in [0.2, 0.25) is 0 Å². The van der Waals surface area contributed by atoms with E-state index < -0.39 is 0 Å². The minimum Gasteiger partial charge on any atom is -0.255 e. The number of nitrogens with zero attached hydrogens (tertiary/aromatic N) is 4. The van der Waals surface area contributed by atoms with E-state index in [1.165, 1.54) is 5.56 Å². The molecule has 0 aliphatic heterocycles. The van der Waals surface area contributed by atoms with Crippen LogP contribution in [-0.2, 0) is 0 Å². The van der Waals surface area contributed by atoms with Gasteiger partial charge in [-0.25, -0.2) is 4.68 Å². The molecule has 3 aromatic rings. The van der Waals surface area contributed by atoms with E-state index in [4.69, 9.17) is 5.26 Å². The van der Waals surface area contributed by atoms with Crippen molar-refractivity contribution < 1.29 is 0 Å². The molecule has 0 unspecified atom stereocenters. The molecule has 0 spiro atoms. The Balaban J connectivity index is 2.18. The first-order valence-corrected chi connectivity index (χ1v) is 6.26. The molecule has 2 aromatic heterocycles. The number of benzene rings is 1. The van der Waals surface area contributed by atoms with Crippen LogP contribution in [0.2, 0.25) is 0 Å². The Morgan fingerprint density at radius 1 is 1.10 bits per heavy atom. The normalized spacial score (nSPS) is 10.2. The van der Waals surface area contributed by atoms with E-state index in [0.29, 0.717) is 5.69 Å². The second-order valence-corrected chi connectivity index (χ2v) is 4.49. The van der Waals surface area contributed by atoms with Gasteiger partial charge >= 0.3 is 0 Å². The molecule has 4 heteroatoms. The molecule has 96 valence electrons. The summed E-state index contributed by atoms with van der Waals surface area (Å²) in [6.07, 6.45) is 1.73. The molecular weight excluding hydrogens is 248 g/mol. The van der Waals surface area contributed by atoms with E-state index in [1.807, 2.05) is 49.4 Å². The number of aryl methyl sites for hydroxylation is 1. The summed E-state index contributed by atoms with van der Waals surface area (Å²) in [5.41, 5.74) is 4.08. The number of hydrogen-bond acceptors (Lipinski definition) is 3. The highest BCUT2D eigenvalue weighted by Gasteiger charge is 2.12. The van der Waals surface area contributed by atoms with E-state index in [2.05, 4.69) is 16.2 Å². The van der Waals surface area contributed by atoms with Crippen molar-refractivity contribution in [2.75, 3.05) is 0 Å². The van der Waals surface area contributed by atoms with Crippen LogP contribution in [0.4, 0.5) is 0 Å². The minimum atomic E-state index is 0.381. The van der Waals surface area contributed by atoms with Crippen molar-refractivity contribution in [2.45, 2.75) is 6.92 Å². The summed E-state index contributed by atoms with van der Waals surface area (Å²) in [7, 11) is 0. The van der Waals surface area contributed by atoms with Crippen LogP contribution < -0.4 is 0 Å². The molecule has 2 heterocycles. The number of aromatic nitrogens is 3. The number of hydrogen-bond donors (Lipinski definition) is 0. The molecule has 0 saturated carbocycles. The van der Waals surface area contributed by atoms with Gasteiger partial charge in [0.25, 0.3) is 0 Å². The van der Waals surface area contributed by atoms with Crippen molar-refractivity contribution in [3.8, 4) is 23.1 Å². The fourth-order valence-corrected chi connectivity index (χ4v) is 2.02. The summed E-state index contributed by atoms with van der Waals surface area (Å²) >= 11 is 0. The molecule has 0 aliphatic rings. The summed E-state index contributed by atoms with van der Waals surface area (Å²) in [6.45, 7) is 2.03. The molecule has 0 saturated heterocycles. The summed E-state index contributed by atoms with van der Waals surface area (Å²) in [6, 6.07) is 17.5. The molecule has 0 radical (unpaired) electrons. The average Bonchev–Trinajstić information content (AvgIpc) is 2.93. The van der Waals surface area contributed by atoms with Gasteiger partial charge in [-0.15, -0.1) is 0 Å². The van der Waals surface area contributed by atoms with Gasteiger partial charge in [-0.2, -0.15) is 10.4 Å². The predicted molar refractivity (Wildman–Crippen MR) is 76.2 cm³/mol. The standard InChI is InChI=1S/C16H12N4/c1-12-5-7-14(8-6-12)20-16(10-13(11-17)19-20)15-4-2-3-9-18-15/h2-10H,1H3. The summed E-state index contributed by atoms with van der Waals surface area (Å²) in [5, 5.41) is 13.4. The Kier molecular flexibility index (Phi) is 3.02. The second kappa shape index (κ2) is 4.98. The van der Waals surface area contributed by atoms with Crippen LogP contribution in [0.15, 0.2) is 54.7 Å². The Morgan fingerprint density at radius 3 is 2.55 bits per heavy atom. The molecular formula is C16H12N4. The average molecular weight is 260 g/mol. The first-order valence-electron chi connectivity index (χ1n) is 6.26. The summed E-state index contributed by atoms with van der Waals surface area (Å²) in [4.78, 5) is 4.33. The molecule has 0 N–H and O–H groups in total. The van der Waals surface area contributed by atoms with Crippen molar-refractivity contribution >= 4 is 0 Å². The third-order valence-corrected chi connectivity index (χ3v) is 3.03. The van der Waals surface area contributed by atoms with Crippen molar-refractivity contribution in [1.29, 1.82) is 5.26 Å². The molecule has 4 nitrogen and oxygen atoms in total. The van der Waals surface area contributed by atoms with E-state index in [-0.39, 0.29) is 0 Å². The highest BCUT2D eigenvalue weighted by Crippen LogP contribution is 2.22. The Morgan fingerprint density at radius 2 is 1.90 bits per heavy atom. The predicted octanol–water partition coefficient (Wildman–Crippen LogP) is 3.11. The molecule has 0 fully saturated rings. The summed E-state index contributed by atoms with van der Waals surface area (Å²) in [5.74, 6) is 0. The zero-order valence-electron chi connectivity index (χ0n) is 11.0. The number of nitriles is 1. The van der Waals surface area contributed by atoms with Crippen LogP contribution >= 0.6 is 0 Å². The lowest BCUT2D eigenvalue weighted by Gasteiger charge is -2.07. The van der Waals surface area contributed by atoms with Crippen molar-refractivity contribution in [1.82, 2.24) is 14.8 Å². The fourth-order valence-electron chi connectivity index (χ4n) is 2.02. The first kappa shape index (κ1) is 12.1. The van der Waals surface area contributed by atoms with Crippen molar-refractivity contribution in [3.63, 3.8) is 0 Å². The van der Waals surface area contributed by atoms with Gasteiger partial charge in [-0.05, 0) is 31.2 Å². The highest BCUT2D eigenvalue weighted by atomic mass is 15.3. The quantitative estimate of drug-likeness (QED) is 0.711. The van der Waals surface area contributed by atoms with Crippen LogP contribution in [-0.4, -0.2) is 14.8 Å². The third-order valence-electron chi connectivity index (χ3n) is 3.03. The highest BCUT2D eigenvalue weighted by molar-refractivity contribution is 5.59. The van der Waals surface area contributed by atoms with Gasteiger partial charge < -0.3 is 0 Å². The smallest absolute Gasteiger partial charge is 0.163 e. The lowest BCUT2D eigenvalue weighted by Crippen LogP contribution is -2.00.